The minimum Gasteiger partial charge on any atom is -0.507 e. The molecule has 0 amide bonds. The van der Waals surface area contributed by atoms with Crippen LogP contribution >= 0.6 is 0 Å². The van der Waals surface area contributed by atoms with Crippen LogP contribution in [-0.4, -0.2) is 5.11 Å². The molecule has 0 saturated carbocycles. The molecule has 1 aliphatic carbocycles. The predicted molar refractivity (Wildman–Crippen MR) is 291 cm³/mol. The van der Waals surface area contributed by atoms with Crippen LogP contribution in [0.1, 0.15) is 22.3 Å². The summed E-state index contributed by atoms with van der Waals surface area (Å²) in [6.45, 7) is 0. The first kappa shape index (κ1) is 40.7. The average molecular weight is 910 g/mol. The molecule has 1 N–H and O–H groups in total. The summed E-state index contributed by atoms with van der Waals surface area (Å²) < 4.78 is 13.0. The van der Waals surface area contributed by atoms with Gasteiger partial charge in [0, 0.05) is 60.9 Å². The summed E-state index contributed by atoms with van der Waals surface area (Å²) in [5.74, 6) is 0.276. The molecule has 0 bridgehead atoms. The van der Waals surface area contributed by atoms with Crippen molar-refractivity contribution < 1.29 is 13.9 Å². The fraction of sp³-hybridized carbons (Fsp3) is 0.0149. The standard InChI is InChI=1S/C67H43NO3/c69-64-51(43-16-4-1-5-17-43)40-41-59-63(64)58-39-38-50(42-60(58)67(59,46-18-6-2-7-19-46)47-20-8-3-9-21-47)68(48-34-30-44(31-35-48)52-24-14-26-56-54-22-10-12-28-61(54)70-65(52)56)49-36-32-45(33-37-49)53-25-15-27-57-55-23-11-13-29-62(55)71-66(53)57/h1-42,69H. The van der Waals surface area contributed by atoms with Crippen LogP contribution in [0.15, 0.2) is 264 Å². The third-order valence-corrected chi connectivity index (χ3v) is 14.7. The first-order valence-electron chi connectivity index (χ1n) is 24.1. The summed E-state index contributed by atoms with van der Waals surface area (Å²) in [6, 6.07) is 89.7. The van der Waals surface area contributed by atoms with Crippen molar-refractivity contribution in [2.24, 2.45) is 0 Å². The Morgan fingerprint density at radius 3 is 1.30 bits per heavy atom. The van der Waals surface area contributed by atoms with Gasteiger partial charge < -0.3 is 18.8 Å². The molecule has 13 aromatic rings. The molecule has 0 spiro atoms. The maximum absolute atomic E-state index is 12.6. The molecule has 0 radical (unpaired) electrons. The number of hydrogen-bond donors (Lipinski definition) is 1. The lowest BCUT2D eigenvalue weighted by molar-refractivity contribution is 0.478. The highest BCUT2D eigenvalue weighted by atomic mass is 16.3. The molecule has 4 heteroatoms. The Morgan fingerprint density at radius 1 is 0.324 bits per heavy atom. The maximum Gasteiger partial charge on any atom is 0.143 e. The highest BCUT2D eigenvalue weighted by molar-refractivity contribution is 6.11. The number of furan rings is 2. The van der Waals surface area contributed by atoms with E-state index in [4.69, 9.17) is 8.83 Å². The number of benzene rings is 11. The van der Waals surface area contributed by atoms with Crippen LogP contribution < -0.4 is 4.90 Å². The molecule has 11 aromatic carbocycles. The van der Waals surface area contributed by atoms with Crippen LogP contribution in [0.25, 0.3) is 88.4 Å². The molecule has 2 aromatic heterocycles. The molecule has 0 unspecified atom stereocenters. The predicted octanol–water partition coefficient (Wildman–Crippen LogP) is 18.0. The molecule has 334 valence electrons. The van der Waals surface area contributed by atoms with Gasteiger partial charge in [-0.05, 0) is 93.0 Å². The van der Waals surface area contributed by atoms with Gasteiger partial charge in [0.2, 0.25) is 0 Å². The fourth-order valence-corrected chi connectivity index (χ4v) is 11.5. The fourth-order valence-electron chi connectivity index (χ4n) is 11.5. The number of anilines is 3. The zero-order chi connectivity index (χ0) is 47.0. The van der Waals surface area contributed by atoms with E-state index >= 15 is 0 Å². The second-order valence-corrected chi connectivity index (χ2v) is 18.5. The van der Waals surface area contributed by atoms with Crippen LogP contribution in [0.4, 0.5) is 17.1 Å². The Kier molecular flexibility index (Phi) is 9.23. The van der Waals surface area contributed by atoms with Crippen LogP contribution in [-0.2, 0) is 5.41 Å². The molecule has 0 atom stereocenters. The zero-order valence-corrected chi connectivity index (χ0v) is 38.5. The van der Waals surface area contributed by atoms with Gasteiger partial charge in [0.05, 0.1) is 5.41 Å². The molecular weight excluding hydrogens is 867 g/mol. The van der Waals surface area contributed by atoms with Gasteiger partial charge in [-0.1, -0.05) is 206 Å². The topological polar surface area (TPSA) is 49.8 Å². The monoisotopic (exact) mass is 909 g/mol. The first-order chi connectivity index (χ1) is 35.1. The first-order valence-corrected chi connectivity index (χ1v) is 24.1. The van der Waals surface area contributed by atoms with Crippen LogP contribution in [0, 0.1) is 0 Å². The Balaban J connectivity index is 0.974. The summed E-state index contributed by atoms with van der Waals surface area (Å²) in [4.78, 5) is 2.34. The largest absolute Gasteiger partial charge is 0.507 e. The average Bonchev–Trinajstić information content (AvgIpc) is 4.11. The summed E-state index contributed by atoms with van der Waals surface area (Å²) in [6.07, 6.45) is 0. The molecule has 0 fully saturated rings. The number of hydrogen-bond acceptors (Lipinski definition) is 4. The lowest BCUT2D eigenvalue weighted by atomic mass is 9.67. The van der Waals surface area contributed by atoms with Crippen molar-refractivity contribution in [3.8, 4) is 50.3 Å². The third kappa shape index (κ3) is 6.25. The smallest absolute Gasteiger partial charge is 0.143 e. The van der Waals surface area contributed by atoms with Gasteiger partial charge in [0.25, 0.3) is 0 Å². The number of rotatable bonds is 8. The molecule has 14 rings (SSSR count). The molecule has 1 aliphatic rings. The quantitative estimate of drug-likeness (QED) is 0.165. The number of aromatic hydroxyl groups is 1. The minimum absolute atomic E-state index is 0.276. The molecule has 0 saturated heterocycles. The van der Waals surface area contributed by atoms with Crippen molar-refractivity contribution in [3.05, 3.63) is 277 Å². The van der Waals surface area contributed by atoms with Gasteiger partial charge in [0.1, 0.15) is 28.1 Å². The Hall–Kier alpha value is -9.38. The van der Waals surface area contributed by atoms with Gasteiger partial charge in [-0.15, -0.1) is 0 Å². The maximum atomic E-state index is 12.6. The highest BCUT2D eigenvalue weighted by Crippen LogP contribution is 2.60. The Morgan fingerprint density at radius 2 is 0.761 bits per heavy atom. The molecule has 0 aliphatic heterocycles. The Labute approximate surface area is 410 Å². The summed E-state index contributed by atoms with van der Waals surface area (Å²) in [5.41, 5.74) is 17.9. The van der Waals surface area contributed by atoms with E-state index in [-0.39, 0.29) is 5.75 Å². The number of phenols is 1. The van der Waals surface area contributed by atoms with Gasteiger partial charge in [-0.25, -0.2) is 0 Å². The van der Waals surface area contributed by atoms with Crippen molar-refractivity contribution in [2.75, 3.05) is 4.90 Å². The number of para-hydroxylation sites is 4. The van der Waals surface area contributed by atoms with E-state index in [1.165, 1.54) is 0 Å². The summed E-state index contributed by atoms with van der Waals surface area (Å²) >= 11 is 0. The zero-order valence-electron chi connectivity index (χ0n) is 38.5. The van der Waals surface area contributed by atoms with E-state index in [1.54, 1.807) is 0 Å². The summed E-state index contributed by atoms with van der Waals surface area (Å²) in [5, 5.41) is 17.0. The van der Waals surface area contributed by atoms with Crippen LogP contribution in [0.5, 0.6) is 5.75 Å². The van der Waals surface area contributed by atoms with E-state index in [9.17, 15) is 5.11 Å². The van der Waals surface area contributed by atoms with E-state index in [2.05, 4.69) is 217 Å². The van der Waals surface area contributed by atoms with Crippen molar-refractivity contribution >= 4 is 60.9 Å². The van der Waals surface area contributed by atoms with Crippen LogP contribution in [0.3, 0.4) is 0 Å². The van der Waals surface area contributed by atoms with Crippen molar-refractivity contribution in [2.45, 2.75) is 5.41 Å². The van der Waals surface area contributed by atoms with Gasteiger partial charge in [-0.2, -0.15) is 0 Å². The van der Waals surface area contributed by atoms with Gasteiger partial charge in [0.15, 0.2) is 0 Å². The van der Waals surface area contributed by atoms with E-state index in [1.807, 2.05) is 42.5 Å². The third-order valence-electron chi connectivity index (χ3n) is 14.7. The minimum atomic E-state index is -0.758. The highest BCUT2D eigenvalue weighted by Gasteiger charge is 2.48. The second kappa shape index (κ2) is 16.1. The molecule has 71 heavy (non-hydrogen) atoms. The molecule has 2 heterocycles. The SMILES string of the molecule is Oc1c(-c2ccccc2)ccc2c1-c1ccc(N(c3ccc(-c4cccc5c4oc4ccccc45)cc3)c3ccc(-c4cccc5c4oc4ccccc45)cc3)cc1C2(c1ccccc1)c1ccccc1. The molecular formula is C67H43NO3. The lowest BCUT2D eigenvalue weighted by Crippen LogP contribution is -2.28. The van der Waals surface area contributed by atoms with Gasteiger partial charge in [-0.3, -0.25) is 0 Å². The Bertz CT molecular complexity index is 3960. The van der Waals surface area contributed by atoms with Crippen molar-refractivity contribution in [1.29, 1.82) is 0 Å². The normalized spacial score (nSPS) is 12.7. The van der Waals surface area contributed by atoms with E-state index in [0.29, 0.717) is 0 Å². The second-order valence-electron chi connectivity index (χ2n) is 18.5. The van der Waals surface area contributed by atoms with Crippen molar-refractivity contribution in [3.63, 3.8) is 0 Å². The summed E-state index contributed by atoms with van der Waals surface area (Å²) in [7, 11) is 0. The van der Waals surface area contributed by atoms with Gasteiger partial charge >= 0.3 is 0 Å². The van der Waals surface area contributed by atoms with E-state index < -0.39 is 5.41 Å². The number of phenolic OH excluding ortho intramolecular Hbond substituents is 1. The number of fused-ring (bicyclic) bond motifs is 9. The van der Waals surface area contributed by atoms with Crippen LogP contribution in [0.2, 0.25) is 0 Å². The lowest BCUT2D eigenvalue weighted by Gasteiger charge is -2.35. The number of nitrogens with zero attached hydrogens (tertiary/aromatic N) is 1. The van der Waals surface area contributed by atoms with Crippen molar-refractivity contribution in [1.82, 2.24) is 0 Å². The van der Waals surface area contributed by atoms with E-state index in [0.717, 1.165) is 128 Å². The molecule has 4 nitrogen and oxygen atoms in total.